The molecule has 0 radical (unpaired) electrons. The second kappa shape index (κ2) is 8.43. The Bertz CT molecular complexity index is 143. The molecule has 2 nitrogen and oxygen atoms in total. The predicted octanol–water partition coefficient (Wildman–Crippen LogP) is 2.41. The molecular formula is C12H25NOS. The van der Waals surface area contributed by atoms with Crippen molar-refractivity contribution in [3.8, 4) is 0 Å². The molecule has 90 valence electrons. The van der Waals surface area contributed by atoms with E-state index >= 15 is 0 Å². The minimum absolute atomic E-state index is 0.308. The second-order valence-corrected chi connectivity index (χ2v) is 5.69. The van der Waals surface area contributed by atoms with Crippen LogP contribution in [0.4, 0.5) is 0 Å². The van der Waals surface area contributed by atoms with Gasteiger partial charge in [-0.05, 0) is 25.8 Å². The van der Waals surface area contributed by atoms with Gasteiger partial charge in [0.2, 0.25) is 0 Å². The van der Waals surface area contributed by atoms with Crippen molar-refractivity contribution in [1.82, 2.24) is 5.32 Å². The van der Waals surface area contributed by atoms with Crippen LogP contribution < -0.4 is 5.32 Å². The number of thioether (sulfide) groups is 1. The van der Waals surface area contributed by atoms with Gasteiger partial charge in [0, 0.05) is 23.7 Å². The van der Waals surface area contributed by atoms with Crippen LogP contribution in [-0.4, -0.2) is 35.3 Å². The number of aliphatic hydroxyl groups is 1. The normalized spacial score (nSPS) is 20.4. The summed E-state index contributed by atoms with van der Waals surface area (Å²) in [6.07, 6.45) is 7.98. The summed E-state index contributed by atoms with van der Waals surface area (Å²) in [4.78, 5) is 0. The maximum atomic E-state index is 8.95. The van der Waals surface area contributed by atoms with Gasteiger partial charge in [0.1, 0.15) is 0 Å². The average molecular weight is 231 g/mol. The van der Waals surface area contributed by atoms with E-state index in [2.05, 4.69) is 24.0 Å². The first kappa shape index (κ1) is 13.3. The molecule has 0 aliphatic heterocycles. The third kappa shape index (κ3) is 5.79. The van der Waals surface area contributed by atoms with E-state index in [9.17, 15) is 0 Å². The van der Waals surface area contributed by atoms with Crippen LogP contribution in [0.15, 0.2) is 0 Å². The lowest BCUT2D eigenvalue weighted by Crippen LogP contribution is -2.32. The summed E-state index contributed by atoms with van der Waals surface area (Å²) in [5, 5.41) is 13.3. The van der Waals surface area contributed by atoms with Crippen LogP contribution in [0, 0.1) is 0 Å². The summed E-state index contributed by atoms with van der Waals surface area (Å²) in [5.74, 6) is 1.17. The number of hydrogen-bond donors (Lipinski definition) is 2. The molecule has 1 atom stereocenters. The third-order valence-electron chi connectivity index (χ3n) is 3.06. The molecule has 0 bridgehead atoms. The van der Waals surface area contributed by atoms with Gasteiger partial charge in [-0.2, -0.15) is 11.8 Å². The molecule has 15 heavy (non-hydrogen) atoms. The summed E-state index contributed by atoms with van der Waals surface area (Å²) in [6, 6.07) is 0.506. The minimum Gasteiger partial charge on any atom is -0.396 e. The molecule has 0 spiro atoms. The van der Waals surface area contributed by atoms with Gasteiger partial charge in [-0.15, -0.1) is 0 Å². The molecule has 1 rings (SSSR count). The topological polar surface area (TPSA) is 32.3 Å². The van der Waals surface area contributed by atoms with E-state index in [0.29, 0.717) is 12.6 Å². The lowest BCUT2D eigenvalue weighted by molar-refractivity contribution is 0.271. The summed E-state index contributed by atoms with van der Waals surface area (Å²) in [5.41, 5.74) is 0. The van der Waals surface area contributed by atoms with Gasteiger partial charge in [-0.1, -0.05) is 26.2 Å². The highest BCUT2D eigenvalue weighted by Gasteiger charge is 2.15. The number of aliphatic hydroxyl groups excluding tert-OH is 1. The summed E-state index contributed by atoms with van der Waals surface area (Å²) in [6.45, 7) is 3.45. The minimum atomic E-state index is 0.308. The van der Waals surface area contributed by atoms with Gasteiger partial charge in [0.25, 0.3) is 0 Å². The quantitative estimate of drug-likeness (QED) is 0.706. The standard InChI is InChI=1S/C12H25NOS/c1-2-13-11(8-9-14)10-15-12-6-4-3-5-7-12/h11-14H,2-10H2,1H3. The Kier molecular flexibility index (Phi) is 7.49. The molecule has 0 aromatic carbocycles. The van der Waals surface area contributed by atoms with Crippen molar-refractivity contribution in [1.29, 1.82) is 0 Å². The van der Waals surface area contributed by atoms with Crippen LogP contribution in [0.2, 0.25) is 0 Å². The molecule has 1 aliphatic carbocycles. The molecule has 0 heterocycles. The number of hydrogen-bond acceptors (Lipinski definition) is 3. The highest BCUT2D eigenvalue weighted by Crippen LogP contribution is 2.28. The lowest BCUT2D eigenvalue weighted by Gasteiger charge is -2.24. The van der Waals surface area contributed by atoms with Crippen LogP contribution in [0.1, 0.15) is 45.4 Å². The molecule has 3 heteroatoms. The molecular weight excluding hydrogens is 206 g/mol. The average Bonchev–Trinajstić information content (AvgIpc) is 2.28. The highest BCUT2D eigenvalue weighted by atomic mass is 32.2. The fourth-order valence-corrected chi connectivity index (χ4v) is 3.63. The van der Waals surface area contributed by atoms with E-state index in [1.807, 2.05) is 0 Å². The van der Waals surface area contributed by atoms with Crippen molar-refractivity contribution < 1.29 is 5.11 Å². The molecule has 0 amide bonds. The molecule has 1 fully saturated rings. The van der Waals surface area contributed by atoms with Gasteiger partial charge < -0.3 is 10.4 Å². The van der Waals surface area contributed by atoms with Crippen molar-refractivity contribution in [3.63, 3.8) is 0 Å². The third-order valence-corrected chi connectivity index (χ3v) is 4.59. The largest absolute Gasteiger partial charge is 0.396 e. The van der Waals surface area contributed by atoms with E-state index in [4.69, 9.17) is 5.11 Å². The van der Waals surface area contributed by atoms with E-state index in [1.165, 1.54) is 37.9 Å². The van der Waals surface area contributed by atoms with Crippen LogP contribution in [0.3, 0.4) is 0 Å². The van der Waals surface area contributed by atoms with Crippen molar-refractivity contribution in [2.24, 2.45) is 0 Å². The maximum Gasteiger partial charge on any atom is 0.0446 e. The Balaban J connectivity index is 2.13. The fraction of sp³-hybridized carbons (Fsp3) is 1.00. The first-order valence-corrected chi connectivity index (χ1v) is 7.37. The van der Waals surface area contributed by atoms with Crippen LogP contribution in [0.25, 0.3) is 0 Å². The first-order valence-electron chi connectivity index (χ1n) is 6.32. The van der Waals surface area contributed by atoms with E-state index < -0.39 is 0 Å². The smallest absolute Gasteiger partial charge is 0.0446 e. The van der Waals surface area contributed by atoms with Crippen molar-refractivity contribution in [2.45, 2.75) is 56.7 Å². The van der Waals surface area contributed by atoms with Crippen LogP contribution in [-0.2, 0) is 0 Å². The Hall–Kier alpha value is 0.270. The lowest BCUT2D eigenvalue weighted by atomic mass is 10.0. The number of nitrogens with one attached hydrogen (secondary N) is 1. The summed E-state index contributed by atoms with van der Waals surface area (Å²) in [7, 11) is 0. The Morgan fingerprint density at radius 1 is 1.33 bits per heavy atom. The van der Waals surface area contributed by atoms with Gasteiger partial charge in [0.15, 0.2) is 0 Å². The van der Waals surface area contributed by atoms with Gasteiger partial charge in [-0.25, -0.2) is 0 Å². The zero-order chi connectivity index (χ0) is 10.9. The molecule has 0 aromatic rings. The van der Waals surface area contributed by atoms with Crippen LogP contribution in [0.5, 0.6) is 0 Å². The van der Waals surface area contributed by atoms with E-state index in [1.54, 1.807) is 0 Å². The van der Waals surface area contributed by atoms with Gasteiger partial charge >= 0.3 is 0 Å². The maximum absolute atomic E-state index is 8.95. The van der Waals surface area contributed by atoms with Gasteiger partial charge in [-0.3, -0.25) is 0 Å². The molecule has 1 saturated carbocycles. The molecule has 0 aromatic heterocycles. The monoisotopic (exact) mass is 231 g/mol. The van der Waals surface area contributed by atoms with E-state index in [-0.39, 0.29) is 0 Å². The first-order chi connectivity index (χ1) is 7.36. The second-order valence-electron chi connectivity index (χ2n) is 4.36. The molecule has 1 unspecified atom stereocenters. The molecule has 0 saturated heterocycles. The molecule has 2 N–H and O–H groups in total. The molecule has 1 aliphatic rings. The van der Waals surface area contributed by atoms with Crippen molar-refractivity contribution in [2.75, 3.05) is 18.9 Å². The zero-order valence-corrected chi connectivity index (χ0v) is 10.7. The van der Waals surface area contributed by atoms with Gasteiger partial charge in [0.05, 0.1) is 0 Å². The van der Waals surface area contributed by atoms with Crippen molar-refractivity contribution >= 4 is 11.8 Å². The fourth-order valence-electron chi connectivity index (χ4n) is 2.17. The van der Waals surface area contributed by atoms with E-state index in [0.717, 1.165) is 18.2 Å². The van der Waals surface area contributed by atoms with Crippen LogP contribution >= 0.6 is 11.8 Å². The zero-order valence-electron chi connectivity index (χ0n) is 9.87. The summed E-state index contributed by atoms with van der Waals surface area (Å²) >= 11 is 2.11. The number of rotatable bonds is 7. The van der Waals surface area contributed by atoms with Crippen molar-refractivity contribution in [3.05, 3.63) is 0 Å². The SMILES string of the molecule is CCNC(CCO)CSC1CCCCC1. The Morgan fingerprint density at radius 3 is 2.67 bits per heavy atom. The summed E-state index contributed by atoms with van der Waals surface area (Å²) < 4.78 is 0. The highest BCUT2D eigenvalue weighted by molar-refractivity contribution is 7.99. The Labute approximate surface area is 98.2 Å². The predicted molar refractivity (Wildman–Crippen MR) is 68.5 cm³/mol. The Morgan fingerprint density at radius 2 is 2.07 bits per heavy atom.